The van der Waals surface area contributed by atoms with Gasteiger partial charge in [-0.15, -0.1) is 0 Å². The van der Waals surface area contributed by atoms with Gasteiger partial charge in [0.25, 0.3) is 0 Å². The standard InChI is InChI=1S/C19H27FN2O2/c20-15-5-4-6-17(13-15)22-11-7-16(8-12-22)21-18(23)14-19(24)9-2-1-3-10-19/h4-6,13,16,24H,1-3,7-12,14H2,(H,21,23). The predicted octanol–water partition coefficient (Wildman–Crippen LogP) is 3.00. The number of carbonyl (C=O) groups excluding carboxylic acids is 1. The van der Waals surface area contributed by atoms with E-state index in [-0.39, 0.29) is 24.2 Å². The molecule has 0 spiro atoms. The zero-order valence-corrected chi connectivity index (χ0v) is 14.1. The van der Waals surface area contributed by atoms with Gasteiger partial charge < -0.3 is 15.3 Å². The van der Waals surface area contributed by atoms with Crippen molar-refractivity contribution in [2.75, 3.05) is 18.0 Å². The number of carbonyl (C=O) groups is 1. The number of amides is 1. The molecule has 24 heavy (non-hydrogen) atoms. The highest BCUT2D eigenvalue weighted by molar-refractivity contribution is 5.77. The lowest BCUT2D eigenvalue weighted by molar-refractivity contribution is -0.128. The number of benzene rings is 1. The number of hydrogen-bond acceptors (Lipinski definition) is 3. The quantitative estimate of drug-likeness (QED) is 0.890. The number of nitrogens with one attached hydrogen (secondary N) is 1. The van der Waals surface area contributed by atoms with Crippen LogP contribution in [0.3, 0.4) is 0 Å². The van der Waals surface area contributed by atoms with Crippen molar-refractivity contribution in [3.05, 3.63) is 30.1 Å². The summed E-state index contributed by atoms with van der Waals surface area (Å²) in [5.41, 5.74) is 0.0984. The fourth-order valence-electron chi connectivity index (χ4n) is 3.92. The van der Waals surface area contributed by atoms with Gasteiger partial charge in [-0.2, -0.15) is 0 Å². The summed E-state index contributed by atoms with van der Waals surface area (Å²) in [6.07, 6.45) is 6.56. The topological polar surface area (TPSA) is 52.6 Å². The van der Waals surface area contributed by atoms with Gasteiger partial charge in [0.15, 0.2) is 0 Å². The SMILES string of the molecule is O=C(CC1(O)CCCCC1)NC1CCN(c2cccc(F)c2)CC1. The lowest BCUT2D eigenvalue weighted by atomic mass is 9.82. The second-order valence-corrected chi connectivity index (χ2v) is 7.27. The number of halogens is 1. The zero-order valence-electron chi connectivity index (χ0n) is 14.1. The molecule has 132 valence electrons. The normalized spacial score (nSPS) is 21.5. The van der Waals surface area contributed by atoms with Crippen LogP contribution in [0.15, 0.2) is 24.3 Å². The van der Waals surface area contributed by atoms with E-state index in [0.717, 1.165) is 63.7 Å². The third-order valence-corrected chi connectivity index (χ3v) is 5.31. The van der Waals surface area contributed by atoms with Crippen molar-refractivity contribution < 1.29 is 14.3 Å². The summed E-state index contributed by atoms with van der Waals surface area (Å²) in [7, 11) is 0. The fraction of sp³-hybridized carbons (Fsp3) is 0.632. The minimum absolute atomic E-state index is 0.0383. The van der Waals surface area contributed by atoms with Crippen LogP contribution in [0.1, 0.15) is 51.4 Å². The van der Waals surface area contributed by atoms with Crippen LogP contribution >= 0.6 is 0 Å². The Kier molecular flexibility index (Phi) is 5.39. The number of piperidine rings is 1. The van der Waals surface area contributed by atoms with Crippen LogP contribution in [0.25, 0.3) is 0 Å². The first-order valence-electron chi connectivity index (χ1n) is 9.06. The summed E-state index contributed by atoms with van der Waals surface area (Å²) in [5, 5.41) is 13.6. The van der Waals surface area contributed by atoms with E-state index in [0.29, 0.717) is 0 Å². The van der Waals surface area contributed by atoms with E-state index < -0.39 is 5.60 Å². The Labute approximate surface area is 143 Å². The van der Waals surface area contributed by atoms with Crippen molar-refractivity contribution in [1.29, 1.82) is 0 Å². The largest absolute Gasteiger partial charge is 0.389 e. The molecule has 1 heterocycles. The van der Waals surface area contributed by atoms with Gasteiger partial charge >= 0.3 is 0 Å². The van der Waals surface area contributed by atoms with Crippen molar-refractivity contribution in [3.8, 4) is 0 Å². The van der Waals surface area contributed by atoms with Crippen LogP contribution in [0.4, 0.5) is 10.1 Å². The van der Waals surface area contributed by atoms with Gasteiger partial charge in [0, 0.05) is 24.8 Å². The molecule has 0 unspecified atom stereocenters. The first-order chi connectivity index (χ1) is 11.5. The number of aliphatic hydroxyl groups is 1. The van der Waals surface area contributed by atoms with Crippen LogP contribution < -0.4 is 10.2 Å². The van der Waals surface area contributed by atoms with Crippen molar-refractivity contribution in [2.45, 2.75) is 63.0 Å². The van der Waals surface area contributed by atoms with E-state index in [2.05, 4.69) is 10.2 Å². The molecule has 2 aliphatic rings. The number of rotatable bonds is 4. The Morgan fingerprint density at radius 3 is 2.62 bits per heavy atom. The van der Waals surface area contributed by atoms with Crippen molar-refractivity contribution >= 4 is 11.6 Å². The molecule has 1 amide bonds. The lowest BCUT2D eigenvalue weighted by Gasteiger charge is -2.35. The minimum atomic E-state index is -0.801. The van der Waals surface area contributed by atoms with Gasteiger partial charge in [0.05, 0.1) is 12.0 Å². The molecule has 1 aromatic carbocycles. The number of hydrogen-bond donors (Lipinski definition) is 2. The number of anilines is 1. The van der Waals surface area contributed by atoms with Gasteiger partial charge in [0.2, 0.25) is 5.91 Å². The van der Waals surface area contributed by atoms with Gasteiger partial charge in [-0.05, 0) is 43.9 Å². The van der Waals surface area contributed by atoms with E-state index in [9.17, 15) is 14.3 Å². The minimum Gasteiger partial charge on any atom is -0.389 e. The molecule has 0 bridgehead atoms. The molecule has 0 atom stereocenters. The Morgan fingerprint density at radius 2 is 1.96 bits per heavy atom. The first-order valence-corrected chi connectivity index (χ1v) is 9.06. The first kappa shape index (κ1) is 17.2. The molecule has 2 N–H and O–H groups in total. The van der Waals surface area contributed by atoms with Gasteiger partial charge in [-0.1, -0.05) is 25.3 Å². The van der Waals surface area contributed by atoms with Crippen molar-refractivity contribution in [3.63, 3.8) is 0 Å². The van der Waals surface area contributed by atoms with E-state index >= 15 is 0 Å². The maximum absolute atomic E-state index is 13.3. The zero-order chi connectivity index (χ0) is 17.0. The molecule has 1 saturated heterocycles. The Morgan fingerprint density at radius 1 is 1.25 bits per heavy atom. The molecule has 2 fully saturated rings. The third-order valence-electron chi connectivity index (χ3n) is 5.31. The second-order valence-electron chi connectivity index (χ2n) is 7.27. The Balaban J connectivity index is 1.46. The molecule has 5 heteroatoms. The second kappa shape index (κ2) is 7.51. The van der Waals surface area contributed by atoms with Crippen LogP contribution in [0.2, 0.25) is 0 Å². The average Bonchev–Trinajstić information content (AvgIpc) is 2.55. The summed E-state index contributed by atoms with van der Waals surface area (Å²) < 4.78 is 13.3. The molecule has 0 radical (unpaired) electrons. The summed E-state index contributed by atoms with van der Waals surface area (Å²) >= 11 is 0. The molecule has 3 rings (SSSR count). The van der Waals surface area contributed by atoms with Gasteiger partial charge in [0.1, 0.15) is 5.82 Å². The van der Waals surface area contributed by atoms with E-state index in [1.54, 1.807) is 12.1 Å². The molecule has 0 aromatic heterocycles. The van der Waals surface area contributed by atoms with E-state index in [4.69, 9.17) is 0 Å². The maximum atomic E-state index is 13.3. The maximum Gasteiger partial charge on any atom is 0.223 e. The highest BCUT2D eigenvalue weighted by atomic mass is 19.1. The molecule has 4 nitrogen and oxygen atoms in total. The lowest BCUT2D eigenvalue weighted by Crippen LogP contribution is -2.47. The van der Waals surface area contributed by atoms with Crippen molar-refractivity contribution in [2.24, 2.45) is 0 Å². The molecule has 1 aliphatic heterocycles. The van der Waals surface area contributed by atoms with E-state index in [1.165, 1.54) is 6.07 Å². The van der Waals surface area contributed by atoms with Gasteiger partial charge in [-0.3, -0.25) is 4.79 Å². The Hall–Kier alpha value is -1.62. The van der Waals surface area contributed by atoms with Crippen LogP contribution in [-0.4, -0.2) is 35.7 Å². The summed E-state index contributed by atoms with van der Waals surface area (Å²) in [6.45, 7) is 1.61. The third kappa shape index (κ3) is 4.47. The smallest absolute Gasteiger partial charge is 0.223 e. The van der Waals surface area contributed by atoms with Gasteiger partial charge in [-0.25, -0.2) is 4.39 Å². The summed E-state index contributed by atoms with van der Waals surface area (Å²) in [5.74, 6) is -0.257. The summed E-state index contributed by atoms with van der Waals surface area (Å²) in [4.78, 5) is 14.4. The average molecular weight is 334 g/mol. The molecular weight excluding hydrogens is 307 g/mol. The van der Waals surface area contributed by atoms with Crippen LogP contribution in [0, 0.1) is 5.82 Å². The molecule has 1 aliphatic carbocycles. The fourth-order valence-corrected chi connectivity index (χ4v) is 3.92. The predicted molar refractivity (Wildman–Crippen MR) is 92.4 cm³/mol. The Bertz CT molecular complexity index is 564. The monoisotopic (exact) mass is 334 g/mol. The highest BCUT2D eigenvalue weighted by Crippen LogP contribution is 2.31. The van der Waals surface area contributed by atoms with Crippen LogP contribution in [0.5, 0.6) is 0 Å². The molecular formula is C19H27FN2O2. The van der Waals surface area contributed by atoms with E-state index in [1.807, 2.05) is 6.07 Å². The number of nitrogens with zero attached hydrogens (tertiary/aromatic N) is 1. The van der Waals surface area contributed by atoms with Crippen molar-refractivity contribution in [1.82, 2.24) is 5.32 Å². The highest BCUT2D eigenvalue weighted by Gasteiger charge is 2.32. The summed E-state index contributed by atoms with van der Waals surface area (Å²) in [6, 6.07) is 6.79. The molecule has 1 aromatic rings. The molecule has 1 saturated carbocycles. The van der Waals surface area contributed by atoms with Crippen LogP contribution in [-0.2, 0) is 4.79 Å².